The highest BCUT2D eigenvalue weighted by molar-refractivity contribution is 5.86. The number of benzene rings is 1. The first-order chi connectivity index (χ1) is 7.99. The van der Waals surface area contributed by atoms with Crippen molar-refractivity contribution in [2.45, 2.75) is 19.5 Å². The molecule has 0 spiro atoms. The van der Waals surface area contributed by atoms with Crippen LogP contribution in [0.3, 0.4) is 0 Å². The fraction of sp³-hybridized carbons (Fsp3) is 0.273. The molecule has 0 fully saturated rings. The minimum absolute atomic E-state index is 0.268. The van der Waals surface area contributed by atoms with Crippen molar-refractivity contribution in [3.63, 3.8) is 0 Å². The first-order valence-electron chi connectivity index (χ1n) is 5.07. The Morgan fingerprint density at radius 1 is 1.35 bits per heavy atom. The average molecular weight is 239 g/mol. The Kier molecular flexibility index (Phi) is 4.45. The molecule has 1 atom stereocenters. The summed E-state index contributed by atoms with van der Waals surface area (Å²) >= 11 is 0. The molecule has 1 aromatic rings. The first kappa shape index (κ1) is 13.0. The Balaban J connectivity index is 2.42. The van der Waals surface area contributed by atoms with E-state index in [9.17, 15) is 14.0 Å². The van der Waals surface area contributed by atoms with Crippen LogP contribution in [0.1, 0.15) is 12.5 Å². The highest BCUT2D eigenvalue weighted by Crippen LogP contribution is 2.02. The molecule has 0 aliphatic heterocycles. The van der Waals surface area contributed by atoms with Gasteiger partial charge in [0, 0.05) is 6.54 Å². The maximum atomic E-state index is 12.6. The Labute approximate surface area is 98.2 Å². The van der Waals surface area contributed by atoms with Gasteiger partial charge < -0.3 is 16.4 Å². The fourth-order valence-corrected chi connectivity index (χ4v) is 1.22. The number of hydrogen-bond donors (Lipinski definition) is 3. The minimum atomic E-state index is -0.755. The average Bonchev–Trinajstić information content (AvgIpc) is 2.27. The number of hydrogen-bond acceptors (Lipinski definition) is 2. The van der Waals surface area contributed by atoms with E-state index in [4.69, 9.17) is 5.73 Å². The van der Waals surface area contributed by atoms with Crippen LogP contribution in [0.4, 0.5) is 9.18 Å². The molecular weight excluding hydrogens is 225 g/mol. The summed E-state index contributed by atoms with van der Waals surface area (Å²) < 4.78 is 12.6. The molecule has 3 amide bonds. The molecule has 92 valence electrons. The topological polar surface area (TPSA) is 84.2 Å². The molecule has 4 N–H and O–H groups in total. The van der Waals surface area contributed by atoms with Gasteiger partial charge in [0.25, 0.3) is 0 Å². The molecule has 0 bridgehead atoms. The van der Waals surface area contributed by atoms with E-state index in [1.807, 2.05) is 0 Å². The van der Waals surface area contributed by atoms with Crippen molar-refractivity contribution in [3.8, 4) is 0 Å². The van der Waals surface area contributed by atoms with Crippen LogP contribution in [0.2, 0.25) is 0 Å². The van der Waals surface area contributed by atoms with Gasteiger partial charge in [-0.3, -0.25) is 4.79 Å². The van der Waals surface area contributed by atoms with Gasteiger partial charge in [-0.2, -0.15) is 0 Å². The molecule has 0 aliphatic rings. The largest absolute Gasteiger partial charge is 0.352 e. The zero-order chi connectivity index (χ0) is 12.8. The number of primary amides is 1. The molecule has 5 nitrogen and oxygen atoms in total. The summed E-state index contributed by atoms with van der Waals surface area (Å²) in [6.07, 6.45) is 0. The van der Waals surface area contributed by atoms with E-state index in [-0.39, 0.29) is 18.3 Å². The summed E-state index contributed by atoms with van der Waals surface area (Å²) in [6.45, 7) is 1.79. The van der Waals surface area contributed by atoms with Gasteiger partial charge in [-0.15, -0.1) is 0 Å². The first-order valence-corrected chi connectivity index (χ1v) is 5.07. The van der Waals surface area contributed by atoms with Gasteiger partial charge in [-0.25, -0.2) is 9.18 Å². The van der Waals surface area contributed by atoms with Gasteiger partial charge in [0.2, 0.25) is 5.91 Å². The summed E-state index contributed by atoms with van der Waals surface area (Å²) in [5, 5.41) is 4.85. The number of nitrogens with two attached hydrogens (primary N) is 1. The van der Waals surface area contributed by atoms with Crippen LogP contribution < -0.4 is 16.4 Å². The lowest BCUT2D eigenvalue weighted by Crippen LogP contribution is -2.46. The van der Waals surface area contributed by atoms with E-state index in [0.717, 1.165) is 5.56 Å². The number of nitrogens with one attached hydrogen (secondary N) is 2. The van der Waals surface area contributed by atoms with Crippen LogP contribution in [-0.4, -0.2) is 18.0 Å². The third-order valence-electron chi connectivity index (χ3n) is 2.13. The lowest BCUT2D eigenvalue weighted by molar-refractivity contribution is -0.122. The number of carbonyl (C=O) groups excluding carboxylic acids is 2. The lowest BCUT2D eigenvalue weighted by Gasteiger charge is -2.12. The third kappa shape index (κ3) is 4.50. The number of rotatable bonds is 4. The maximum absolute atomic E-state index is 12.6. The van der Waals surface area contributed by atoms with E-state index in [1.165, 1.54) is 19.1 Å². The van der Waals surface area contributed by atoms with Gasteiger partial charge in [-0.1, -0.05) is 12.1 Å². The van der Waals surface area contributed by atoms with Crippen LogP contribution in [0, 0.1) is 5.82 Å². The molecule has 1 unspecified atom stereocenters. The van der Waals surface area contributed by atoms with Gasteiger partial charge in [0.15, 0.2) is 0 Å². The Morgan fingerprint density at radius 3 is 2.47 bits per heavy atom. The Morgan fingerprint density at radius 2 is 1.94 bits per heavy atom. The van der Waals surface area contributed by atoms with Crippen molar-refractivity contribution in [2.75, 3.05) is 0 Å². The highest BCUT2D eigenvalue weighted by Gasteiger charge is 2.13. The van der Waals surface area contributed by atoms with E-state index >= 15 is 0 Å². The summed E-state index contributed by atoms with van der Waals surface area (Å²) in [7, 11) is 0. The van der Waals surface area contributed by atoms with Crippen molar-refractivity contribution < 1.29 is 14.0 Å². The Bertz CT molecular complexity index is 406. The molecule has 0 heterocycles. The van der Waals surface area contributed by atoms with Crippen LogP contribution >= 0.6 is 0 Å². The van der Waals surface area contributed by atoms with Gasteiger partial charge in [0.05, 0.1) is 0 Å². The minimum Gasteiger partial charge on any atom is -0.352 e. The van der Waals surface area contributed by atoms with Crippen molar-refractivity contribution in [1.82, 2.24) is 10.6 Å². The predicted octanol–water partition coefficient (Wildman–Crippen LogP) is 0.499. The molecular formula is C11H14FN3O2. The SMILES string of the molecule is CC(NC(N)=O)C(=O)NCc1ccc(F)cc1. The van der Waals surface area contributed by atoms with Crippen LogP contribution in [-0.2, 0) is 11.3 Å². The molecule has 0 radical (unpaired) electrons. The highest BCUT2D eigenvalue weighted by atomic mass is 19.1. The third-order valence-corrected chi connectivity index (χ3v) is 2.13. The van der Waals surface area contributed by atoms with Crippen molar-refractivity contribution >= 4 is 11.9 Å². The van der Waals surface area contributed by atoms with Crippen LogP contribution in [0.5, 0.6) is 0 Å². The smallest absolute Gasteiger partial charge is 0.312 e. The second-order valence-corrected chi connectivity index (χ2v) is 3.57. The molecule has 1 rings (SSSR count). The van der Waals surface area contributed by atoms with Crippen LogP contribution in [0.15, 0.2) is 24.3 Å². The van der Waals surface area contributed by atoms with Crippen LogP contribution in [0.25, 0.3) is 0 Å². The normalized spacial score (nSPS) is 11.6. The maximum Gasteiger partial charge on any atom is 0.312 e. The van der Waals surface area contributed by atoms with Crippen molar-refractivity contribution in [3.05, 3.63) is 35.6 Å². The van der Waals surface area contributed by atoms with Crippen molar-refractivity contribution in [1.29, 1.82) is 0 Å². The van der Waals surface area contributed by atoms with Gasteiger partial charge in [-0.05, 0) is 24.6 Å². The fourth-order valence-electron chi connectivity index (χ4n) is 1.22. The van der Waals surface area contributed by atoms with Gasteiger partial charge >= 0.3 is 6.03 Å². The van der Waals surface area contributed by atoms with E-state index in [0.29, 0.717) is 0 Å². The Hall–Kier alpha value is -2.11. The van der Waals surface area contributed by atoms with Gasteiger partial charge in [0.1, 0.15) is 11.9 Å². The standard InChI is InChI=1S/C11H14FN3O2/c1-7(15-11(13)17)10(16)14-6-8-2-4-9(12)5-3-8/h2-5,7H,6H2,1H3,(H,14,16)(H3,13,15,17). The number of urea groups is 1. The summed E-state index contributed by atoms with van der Waals surface area (Å²) in [6, 6.07) is 4.31. The molecule has 1 aromatic carbocycles. The second kappa shape index (κ2) is 5.83. The van der Waals surface area contributed by atoms with E-state index in [2.05, 4.69) is 10.6 Å². The van der Waals surface area contributed by atoms with Crippen molar-refractivity contribution in [2.24, 2.45) is 5.73 Å². The molecule has 0 saturated heterocycles. The molecule has 6 heteroatoms. The quantitative estimate of drug-likeness (QED) is 0.714. The summed E-state index contributed by atoms with van der Waals surface area (Å²) in [5.41, 5.74) is 5.65. The molecule has 0 saturated carbocycles. The number of carbonyl (C=O) groups is 2. The lowest BCUT2D eigenvalue weighted by atomic mass is 10.2. The molecule has 0 aliphatic carbocycles. The summed E-state index contributed by atoms with van der Waals surface area (Å²) in [5.74, 6) is -0.683. The van der Waals surface area contributed by atoms with E-state index < -0.39 is 12.1 Å². The zero-order valence-corrected chi connectivity index (χ0v) is 9.37. The summed E-state index contributed by atoms with van der Waals surface area (Å²) in [4.78, 5) is 22.0. The number of amides is 3. The number of halogens is 1. The predicted molar refractivity (Wildman–Crippen MR) is 60.4 cm³/mol. The second-order valence-electron chi connectivity index (χ2n) is 3.57. The zero-order valence-electron chi connectivity index (χ0n) is 9.37. The monoisotopic (exact) mass is 239 g/mol. The molecule has 17 heavy (non-hydrogen) atoms. The van der Waals surface area contributed by atoms with E-state index in [1.54, 1.807) is 12.1 Å². The molecule has 0 aromatic heterocycles.